The first-order valence-corrected chi connectivity index (χ1v) is 11.2. The van der Waals surface area contributed by atoms with Crippen LogP contribution in [0.3, 0.4) is 0 Å². The number of carbonyl (C=O) groups excluding carboxylic acids is 2. The molecule has 0 radical (unpaired) electrons. The molecule has 5 heteroatoms. The maximum atomic E-state index is 10.8. The van der Waals surface area contributed by atoms with Gasteiger partial charge in [0.2, 0.25) is 0 Å². The van der Waals surface area contributed by atoms with Crippen LogP contribution >= 0.6 is 0 Å². The molecule has 2 aromatic rings. The van der Waals surface area contributed by atoms with Crippen LogP contribution in [-0.4, -0.2) is 28.8 Å². The summed E-state index contributed by atoms with van der Waals surface area (Å²) in [6, 6.07) is 15.7. The minimum Gasteiger partial charge on any atom is -0.508 e. The first-order chi connectivity index (χ1) is 15.2. The molecule has 2 rings (SSSR count). The monoisotopic (exact) mass is 444 g/mol. The van der Waals surface area contributed by atoms with Crippen molar-refractivity contribution in [1.29, 1.82) is 0 Å². The topological polar surface area (TPSA) is 91.7 Å². The Morgan fingerprint density at radius 3 is 1.69 bits per heavy atom. The second-order valence-corrected chi connectivity index (χ2v) is 7.09. The number of carboxylic acids is 1. The summed E-state index contributed by atoms with van der Waals surface area (Å²) in [5, 5.41) is 17.6. The zero-order valence-corrected chi connectivity index (χ0v) is 20.6. The van der Waals surface area contributed by atoms with Crippen LogP contribution in [0.15, 0.2) is 48.5 Å². The Morgan fingerprint density at radius 1 is 0.906 bits per heavy atom. The molecule has 0 aromatic heterocycles. The average molecular weight is 445 g/mol. The van der Waals surface area contributed by atoms with Crippen LogP contribution < -0.4 is 0 Å². The molecule has 0 aliphatic heterocycles. The summed E-state index contributed by atoms with van der Waals surface area (Å²) in [5.41, 5.74) is 3.30. The molecule has 0 amide bonds. The van der Waals surface area contributed by atoms with Crippen molar-refractivity contribution in [2.75, 3.05) is 0 Å². The van der Waals surface area contributed by atoms with Crippen LogP contribution in [-0.2, 0) is 19.8 Å². The van der Waals surface area contributed by atoms with Gasteiger partial charge < -0.3 is 19.8 Å². The number of aromatic hydroxyl groups is 1. The molecule has 32 heavy (non-hydrogen) atoms. The smallest absolute Gasteiger partial charge is 0.306 e. The third-order valence-corrected chi connectivity index (χ3v) is 4.83. The number of aliphatic carboxylic acids is 1. The molecule has 5 nitrogen and oxygen atoms in total. The van der Waals surface area contributed by atoms with E-state index in [2.05, 4.69) is 38.1 Å². The number of carbonyl (C=O) groups is 3. The van der Waals surface area contributed by atoms with Crippen molar-refractivity contribution in [3.63, 3.8) is 0 Å². The van der Waals surface area contributed by atoms with E-state index in [4.69, 9.17) is 5.11 Å². The Bertz CT molecular complexity index is 718. The summed E-state index contributed by atoms with van der Waals surface area (Å²) < 4.78 is 0. The largest absolute Gasteiger partial charge is 0.508 e. The normalized spacial score (nSPS) is 12.1. The van der Waals surface area contributed by atoms with Crippen molar-refractivity contribution in [3.8, 4) is 5.75 Å². The standard InChI is InChI=1S/C18H20O2.C5H8O3.2C2H6/c1-14-4-6-15(7-5-14)18(2,12-3-13-19)16-8-10-17(20)11-9-16;1-4(2-3-6)5(7)8;2*1-2/h4-11,13,20H,3,12H2,1-2H3;3-4H,2H2,1H3,(H,7,8);2*1-2H3. The number of rotatable bonds is 8. The maximum Gasteiger partial charge on any atom is 0.306 e. The molecule has 0 heterocycles. The van der Waals surface area contributed by atoms with Crippen LogP contribution in [0.4, 0.5) is 0 Å². The van der Waals surface area contributed by atoms with Gasteiger partial charge in [-0.1, -0.05) is 83.5 Å². The van der Waals surface area contributed by atoms with Crippen LogP contribution in [0.1, 0.15) is 77.5 Å². The van der Waals surface area contributed by atoms with E-state index in [0.717, 1.165) is 18.3 Å². The molecule has 178 valence electrons. The molecule has 2 atom stereocenters. The van der Waals surface area contributed by atoms with Gasteiger partial charge in [-0.05, 0) is 36.6 Å². The SMILES string of the molecule is CC.CC.CC(CC=O)C(=O)O.Cc1ccc(C(C)(CCC=O)c2ccc(O)cc2)cc1. The van der Waals surface area contributed by atoms with Crippen LogP contribution in [0, 0.1) is 12.8 Å². The predicted molar refractivity (Wildman–Crippen MR) is 131 cm³/mol. The predicted octanol–water partition coefficient (Wildman–Crippen LogP) is 6.33. The highest BCUT2D eigenvalue weighted by molar-refractivity contribution is 5.72. The number of hydrogen-bond donors (Lipinski definition) is 2. The van der Waals surface area contributed by atoms with Gasteiger partial charge in [-0.15, -0.1) is 0 Å². The van der Waals surface area contributed by atoms with E-state index in [9.17, 15) is 19.5 Å². The molecule has 0 aliphatic rings. The molecular formula is C27H40O5. The van der Waals surface area contributed by atoms with Crippen molar-refractivity contribution in [2.24, 2.45) is 5.92 Å². The first-order valence-electron chi connectivity index (χ1n) is 11.2. The number of hydrogen-bond acceptors (Lipinski definition) is 4. The Labute approximate surface area is 193 Å². The van der Waals surface area contributed by atoms with Crippen LogP contribution in [0.2, 0.25) is 0 Å². The van der Waals surface area contributed by atoms with Crippen molar-refractivity contribution >= 4 is 18.5 Å². The van der Waals surface area contributed by atoms with E-state index >= 15 is 0 Å². The molecule has 0 saturated heterocycles. The van der Waals surface area contributed by atoms with Gasteiger partial charge in [0.25, 0.3) is 0 Å². The molecule has 0 aliphatic carbocycles. The molecule has 0 saturated carbocycles. The second-order valence-electron chi connectivity index (χ2n) is 7.09. The number of phenols is 1. The van der Waals surface area contributed by atoms with E-state index in [-0.39, 0.29) is 17.6 Å². The molecule has 2 unspecified atom stereocenters. The fourth-order valence-corrected chi connectivity index (χ4v) is 2.80. The third kappa shape index (κ3) is 10.9. The summed E-state index contributed by atoms with van der Waals surface area (Å²) in [6.07, 6.45) is 2.95. The van der Waals surface area contributed by atoms with E-state index in [1.165, 1.54) is 18.1 Å². The molecular weight excluding hydrogens is 404 g/mol. The van der Waals surface area contributed by atoms with Gasteiger partial charge in [0.05, 0.1) is 5.92 Å². The van der Waals surface area contributed by atoms with Gasteiger partial charge >= 0.3 is 5.97 Å². The zero-order valence-electron chi connectivity index (χ0n) is 20.6. The van der Waals surface area contributed by atoms with Gasteiger partial charge in [-0.3, -0.25) is 4.79 Å². The lowest BCUT2D eigenvalue weighted by Gasteiger charge is -2.30. The lowest BCUT2D eigenvalue weighted by molar-refractivity contribution is -0.142. The molecule has 2 N–H and O–H groups in total. The number of carboxylic acid groups (broad SMARTS) is 1. The average Bonchev–Trinajstić information content (AvgIpc) is 2.81. The summed E-state index contributed by atoms with van der Waals surface area (Å²) in [6.45, 7) is 13.7. The van der Waals surface area contributed by atoms with Crippen LogP contribution in [0.25, 0.3) is 0 Å². The molecule has 0 spiro atoms. The minimum atomic E-state index is -0.919. The third-order valence-electron chi connectivity index (χ3n) is 4.83. The van der Waals surface area contributed by atoms with Gasteiger partial charge in [0.1, 0.15) is 18.3 Å². The number of aldehydes is 2. The van der Waals surface area contributed by atoms with E-state index in [0.29, 0.717) is 12.7 Å². The van der Waals surface area contributed by atoms with E-state index < -0.39 is 11.9 Å². The fourth-order valence-electron chi connectivity index (χ4n) is 2.80. The zero-order chi connectivity index (χ0) is 25.2. The Hall–Kier alpha value is -2.95. The van der Waals surface area contributed by atoms with Gasteiger partial charge in [0, 0.05) is 18.3 Å². The van der Waals surface area contributed by atoms with Gasteiger partial charge in [-0.2, -0.15) is 0 Å². The van der Waals surface area contributed by atoms with Crippen molar-refractivity contribution in [2.45, 2.75) is 73.1 Å². The van der Waals surface area contributed by atoms with Crippen LogP contribution in [0.5, 0.6) is 5.75 Å². The lowest BCUT2D eigenvalue weighted by atomic mass is 9.73. The maximum absolute atomic E-state index is 10.8. The van der Waals surface area contributed by atoms with Gasteiger partial charge in [0.15, 0.2) is 0 Å². The van der Waals surface area contributed by atoms with Crippen molar-refractivity contribution in [1.82, 2.24) is 0 Å². The highest BCUT2D eigenvalue weighted by Gasteiger charge is 2.28. The minimum absolute atomic E-state index is 0.106. The van der Waals surface area contributed by atoms with Crippen molar-refractivity contribution < 1.29 is 24.6 Å². The first kappa shape index (κ1) is 31.2. The summed E-state index contributed by atoms with van der Waals surface area (Å²) >= 11 is 0. The van der Waals surface area contributed by atoms with E-state index in [1.54, 1.807) is 12.1 Å². The van der Waals surface area contributed by atoms with Gasteiger partial charge in [-0.25, -0.2) is 0 Å². The number of benzene rings is 2. The summed E-state index contributed by atoms with van der Waals surface area (Å²) in [5.74, 6) is -1.19. The molecule has 2 aromatic carbocycles. The highest BCUT2D eigenvalue weighted by atomic mass is 16.4. The summed E-state index contributed by atoms with van der Waals surface area (Å²) in [4.78, 5) is 30.4. The quantitative estimate of drug-likeness (QED) is 0.464. The Balaban J connectivity index is 0. The fraction of sp³-hybridized carbons (Fsp3) is 0.444. The molecule has 0 fully saturated rings. The Kier molecular flexibility index (Phi) is 17.3. The number of aryl methyl sites for hydroxylation is 1. The Morgan fingerprint density at radius 2 is 1.34 bits per heavy atom. The second kappa shape index (κ2) is 17.7. The number of phenolic OH excluding ortho intramolecular Hbond substituents is 1. The summed E-state index contributed by atoms with van der Waals surface area (Å²) in [7, 11) is 0. The molecule has 0 bridgehead atoms. The van der Waals surface area contributed by atoms with Crippen molar-refractivity contribution in [3.05, 3.63) is 65.2 Å². The lowest BCUT2D eigenvalue weighted by Crippen LogP contribution is -2.23. The highest BCUT2D eigenvalue weighted by Crippen LogP contribution is 2.36. The van der Waals surface area contributed by atoms with E-state index in [1.807, 2.05) is 39.8 Å².